The van der Waals surface area contributed by atoms with E-state index in [2.05, 4.69) is 9.98 Å². The zero-order chi connectivity index (χ0) is 9.26. The van der Waals surface area contributed by atoms with Crippen molar-refractivity contribution in [3.63, 3.8) is 0 Å². The minimum Gasteiger partial charge on any atom is -0.245 e. The molecule has 5 heteroatoms. The Morgan fingerprint density at radius 3 is 3.15 bits per heavy atom. The number of rotatable bonds is 1. The van der Waals surface area contributed by atoms with Crippen LogP contribution >= 0.6 is 11.3 Å². The number of thiazole rings is 1. The van der Waals surface area contributed by atoms with Crippen molar-refractivity contribution in [2.45, 2.75) is 0 Å². The summed E-state index contributed by atoms with van der Waals surface area (Å²) in [6.07, 6.45) is 1.32. The first-order chi connectivity index (χ1) is 6.33. The number of aliphatic imine (C=N–C) groups is 1. The van der Waals surface area contributed by atoms with Crippen molar-refractivity contribution < 1.29 is 9.18 Å². The summed E-state index contributed by atoms with van der Waals surface area (Å²) < 4.78 is 13.7. The standard InChI is InChI=1S/C8H3FN2OS/c9-5-1-2-6-8(13-4-11-6)7(5)10-3-12/h1-2,4H. The molecule has 13 heavy (non-hydrogen) atoms. The lowest BCUT2D eigenvalue weighted by atomic mass is 10.3. The molecule has 0 aliphatic rings. The summed E-state index contributed by atoms with van der Waals surface area (Å²) >= 11 is 1.24. The Kier molecular flexibility index (Phi) is 1.88. The number of fused-ring (bicyclic) bond motifs is 1. The Hall–Kier alpha value is -1.58. The maximum absolute atomic E-state index is 13.1. The highest BCUT2D eigenvalue weighted by molar-refractivity contribution is 7.17. The molecule has 0 atom stereocenters. The van der Waals surface area contributed by atoms with Crippen molar-refractivity contribution in [1.82, 2.24) is 4.98 Å². The van der Waals surface area contributed by atoms with Gasteiger partial charge in [0.1, 0.15) is 5.69 Å². The topological polar surface area (TPSA) is 42.3 Å². The van der Waals surface area contributed by atoms with Crippen LogP contribution in [0.5, 0.6) is 0 Å². The third kappa shape index (κ3) is 1.24. The number of aromatic nitrogens is 1. The van der Waals surface area contributed by atoms with E-state index in [1.807, 2.05) is 0 Å². The fourth-order valence-electron chi connectivity index (χ4n) is 1.04. The highest BCUT2D eigenvalue weighted by Crippen LogP contribution is 2.31. The van der Waals surface area contributed by atoms with E-state index >= 15 is 0 Å². The minimum atomic E-state index is -0.528. The summed E-state index contributed by atoms with van der Waals surface area (Å²) in [5.41, 5.74) is 2.24. The Morgan fingerprint density at radius 2 is 2.38 bits per heavy atom. The lowest BCUT2D eigenvalue weighted by Gasteiger charge is -1.93. The van der Waals surface area contributed by atoms with E-state index in [9.17, 15) is 9.18 Å². The summed E-state index contributed by atoms with van der Waals surface area (Å²) in [5, 5.41) is 0. The van der Waals surface area contributed by atoms with Gasteiger partial charge in [-0.05, 0) is 12.1 Å². The molecule has 1 aromatic heterocycles. The summed E-state index contributed by atoms with van der Waals surface area (Å²) in [4.78, 5) is 17.3. The number of hydrogen-bond acceptors (Lipinski definition) is 4. The summed E-state index contributed by atoms with van der Waals surface area (Å²) in [6.45, 7) is 0. The lowest BCUT2D eigenvalue weighted by Crippen LogP contribution is -1.75. The Labute approximate surface area is 76.6 Å². The first-order valence-corrected chi connectivity index (χ1v) is 4.30. The maximum atomic E-state index is 13.1. The van der Waals surface area contributed by atoms with E-state index in [0.29, 0.717) is 10.2 Å². The Morgan fingerprint density at radius 1 is 1.54 bits per heavy atom. The number of halogens is 1. The smallest absolute Gasteiger partial charge is 0.240 e. The molecule has 0 radical (unpaired) electrons. The van der Waals surface area contributed by atoms with E-state index in [1.54, 1.807) is 11.6 Å². The molecular formula is C8H3FN2OS. The van der Waals surface area contributed by atoms with Gasteiger partial charge in [-0.15, -0.1) is 11.3 Å². The highest BCUT2D eigenvalue weighted by Gasteiger charge is 2.08. The molecule has 0 aliphatic heterocycles. The molecule has 0 aliphatic carbocycles. The second kappa shape index (κ2) is 3.05. The largest absolute Gasteiger partial charge is 0.245 e. The normalized spacial score (nSPS) is 9.92. The number of carbonyl (C=O) groups excluding carboxylic acids is 1. The molecule has 0 saturated heterocycles. The predicted octanol–water partition coefficient (Wildman–Crippen LogP) is 2.40. The fourth-order valence-corrected chi connectivity index (χ4v) is 1.81. The van der Waals surface area contributed by atoms with Gasteiger partial charge in [-0.1, -0.05) is 0 Å². The van der Waals surface area contributed by atoms with Gasteiger partial charge in [0, 0.05) is 0 Å². The van der Waals surface area contributed by atoms with Crippen molar-refractivity contribution in [2.24, 2.45) is 4.99 Å². The molecule has 2 rings (SSSR count). The van der Waals surface area contributed by atoms with Crippen LogP contribution in [0.4, 0.5) is 10.1 Å². The van der Waals surface area contributed by atoms with Gasteiger partial charge in [-0.2, -0.15) is 4.99 Å². The lowest BCUT2D eigenvalue weighted by molar-refractivity contribution is 0.564. The molecule has 64 valence electrons. The van der Waals surface area contributed by atoms with Gasteiger partial charge in [-0.25, -0.2) is 14.2 Å². The maximum Gasteiger partial charge on any atom is 0.240 e. The molecule has 3 nitrogen and oxygen atoms in total. The Bertz CT molecular complexity index is 502. The van der Waals surface area contributed by atoms with Gasteiger partial charge in [-0.3, -0.25) is 0 Å². The zero-order valence-corrected chi connectivity index (χ0v) is 7.14. The van der Waals surface area contributed by atoms with Gasteiger partial charge in [0.05, 0.1) is 15.7 Å². The van der Waals surface area contributed by atoms with Crippen LogP contribution in [-0.2, 0) is 4.79 Å². The van der Waals surface area contributed by atoms with Crippen molar-refractivity contribution >= 4 is 33.3 Å². The number of isocyanates is 1. The third-order valence-electron chi connectivity index (χ3n) is 1.58. The molecular weight excluding hydrogens is 191 g/mol. The average Bonchev–Trinajstić information content (AvgIpc) is 2.58. The number of hydrogen-bond donors (Lipinski definition) is 0. The summed E-state index contributed by atoms with van der Waals surface area (Å²) in [5.74, 6) is -0.528. The molecule has 1 aromatic carbocycles. The van der Waals surface area contributed by atoms with Crippen LogP contribution in [0.25, 0.3) is 10.2 Å². The zero-order valence-electron chi connectivity index (χ0n) is 6.32. The van der Waals surface area contributed by atoms with Gasteiger partial charge < -0.3 is 0 Å². The second-order valence-electron chi connectivity index (χ2n) is 2.30. The van der Waals surface area contributed by atoms with E-state index in [4.69, 9.17) is 0 Å². The molecule has 0 N–H and O–H groups in total. The van der Waals surface area contributed by atoms with Crippen molar-refractivity contribution in [3.05, 3.63) is 23.5 Å². The molecule has 0 unspecified atom stereocenters. The van der Waals surface area contributed by atoms with Crippen molar-refractivity contribution in [2.75, 3.05) is 0 Å². The molecule has 2 aromatic rings. The fraction of sp³-hybridized carbons (Fsp3) is 0. The highest BCUT2D eigenvalue weighted by atomic mass is 32.1. The quantitative estimate of drug-likeness (QED) is 0.516. The van der Waals surface area contributed by atoms with Crippen molar-refractivity contribution in [1.29, 1.82) is 0 Å². The second-order valence-corrected chi connectivity index (χ2v) is 3.15. The first kappa shape index (κ1) is 8.04. The van der Waals surface area contributed by atoms with E-state index in [0.717, 1.165) is 0 Å². The number of nitrogens with zero attached hydrogens (tertiary/aromatic N) is 2. The molecule has 0 spiro atoms. The Balaban J connectivity index is 2.87. The van der Waals surface area contributed by atoms with Crippen LogP contribution in [0.15, 0.2) is 22.6 Å². The van der Waals surface area contributed by atoms with Gasteiger partial charge in [0.15, 0.2) is 5.82 Å². The van der Waals surface area contributed by atoms with E-state index in [-0.39, 0.29) is 5.69 Å². The predicted molar refractivity (Wildman–Crippen MR) is 47.4 cm³/mol. The molecule has 1 heterocycles. The van der Waals surface area contributed by atoms with Crippen molar-refractivity contribution in [3.8, 4) is 0 Å². The van der Waals surface area contributed by atoms with Gasteiger partial charge in [0.2, 0.25) is 6.08 Å². The summed E-state index contributed by atoms with van der Waals surface area (Å²) in [6, 6.07) is 2.78. The molecule has 0 amide bonds. The van der Waals surface area contributed by atoms with Crippen LogP contribution in [0.2, 0.25) is 0 Å². The van der Waals surface area contributed by atoms with Crippen LogP contribution < -0.4 is 0 Å². The molecule has 0 saturated carbocycles. The molecule has 0 bridgehead atoms. The monoisotopic (exact) mass is 194 g/mol. The number of benzene rings is 1. The van der Waals surface area contributed by atoms with Gasteiger partial charge in [0.25, 0.3) is 0 Å². The van der Waals surface area contributed by atoms with Crippen LogP contribution in [0.3, 0.4) is 0 Å². The van der Waals surface area contributed by atoms with Gasteiger partial charge >= 0.3 is 0 Å². The summed E-state index contributed by atoms with van der Waals surface area (Å²) in [7, 11) is 0. The van der Waals surface area contributed by atoms with E-state index < -0.39 is 5.82 Å². The van der Waals surface area contributed by atoms with Crippen LogP contribution in [-0.4, -0.2) is 11.1 Å². The van der Waals surface area contributed by atoms with Crippen LogP contribution in [0, 0.1) is 5.82 Å². The van der Waals surface area contributed by atoms with E-state index in [1.165, 1.54) is 23.5 Å². The SMILES string of the molecule is O=C=Nc1c(F)ccc2ncsc12. The average molecular weight is 194 g/mol. The minimum absolute atomic E-state index is 0.0231. The first-order valence-electron chi connectivity index (χ1n) is 3.42. The molecule has 0 fully saturated rings. The van der Waals surface area contributed by atoms with Crippen LogP contribution in [0.1, 0.15) is 0 Å². The third-order valence-corrected chi connectivity index (χ3v) is 2.43.